The summed E-state index contributed by atoms with van der Waals surface area (Å²) in [5, 5.41) is 6.51. The maximum absolute atomic E-state index is 11.0. The number of aldehydes is 1. The predicted molar refractivity (Wildman–Crippen MR) is 79.7 cm³/mol. The fourth-order valence-corrected chi connectivity index (χ4v) is 2.63. The van der Waals surface area contributed by atoms with Gasteiger partial charge in [-0.2, -0.15) is 0 Å². The Morgan fingerprint density at radius 3 is 3.20 bits per heavy atom. The van der Waals surface area contributed by atoms with E-state index in [0.717, 1.165) is 30.6 Å². The molecule has 1 aromatic rings. The smallest absolute Gasteiger partial charge is 0.144 e. The van der Waals surface area contributed by atoms with Crippen LogP contribution in [0.15, 0.2) is 28.9 Å². The highest BCUT2D eigenvalue weighted by atomic mass is 16.3. The van der Waals surface area contributed by atoms with Crippen molar-refractivity contribution in [3.05, 3.63) is 35.8 Å². The highest BCUT2D eigenvalue weighted by Crippen LogP contribution is 2.18. The van der Waals surface area contributed by atoms with Gasteiger partial charge in [-0.15, -0.1) is 0 Å². The summed E-state index contributed by atoms with van der Waals surface area (Å²) >= 11 is 0. The molecule has 1 aromatic heterocycles. The predicted octanol–water partition coefficient (Wildman–Crippen LogP) is 2.37. The minimum atomic E-state index is -0.349. The van der Waals surface area contributed by atoms with Crippen molar-refractivity contribution in [3.63, 3.8) is 0 Å². The number of rotatable bonds is 7. The molecule has 1 aliphatic rings. The number of furan rings is 1. The van der Waals surface area contributed by atoms with Crippen molar-refractivity contribution in [2.75, 3.05) is 13.6 Å². The van der Waals surface area contributed by atoms with E-state index in [2.05, 4.69) is 22.8 Å². The Morgan fingerprint density at radius 1 is 1.50 bits per heavy atom. The average molecular weight is 276 g/mol. The minimum absolute atomic E-state index is 0.349. The van der Waals surface area contributed by atoms with Gasteiger partial charge in [0.2, 0.25) is 0 Å². The molecule has 0 bridgehead atoms. The zero-order valence-corrected chi connectivity index (χ0v) is 12.1. The van der Waals surface area contributed by atoms with E-state index >= 15 is 0 Å². The minimum Gasteiger partial charge on any atom is -0.467 e. The number of carbonyl (C=O) groups excluding carboxylic acids is 1. The highest BCUT2D eigenvalue weighted by molar-refractivity contribution is 5.60. The molecule has 1 aliphatic carbocycles. The van der Waals surface area contributed by atoms with Gasteiger partial charge in [0.05, 0.1) is 6.26 Å². The van der Waals surface area contributed by atoms with E-state index in [9.17, 15) is 4.79 Å². The molecule has 0 saturated heterocycles. The molecule has 4 heteroatoms. The molecule has 20 heavy (non-hydrogen) atoms. The second-order valence-corrected chi connectivity index (χ2v) is 5.24. The van der Waals surface area contributed by atoms with Crippen molar-refractivity contribution < 1.29 is 9.21 Å². The lowest BCUT2D eigenvalue weighted by atomic mass is 10.1. The van der Waals surface area contributed by atoms with E-state index in [1.54, 1.807) is 13.3 Å². The summed E-state index contributed by atoms with van der Waals surface area (Å²) in [7, 11) is 1.76. The van der Waals surface area contributed by atoms with Crippen molar-refractivity contribution in [3.8, 4) is 0 Å². The molecule has 0 amide bonds. The second kappa shape index (κ2) is 8.02. The van der Waals surface area contributed by atoms with Crippen LogP contribution >= 0.6 is 0 Å². The molecule has 0 fully saturated rings. The normalized spacial score (nSPS) is 20.6. The maximum atomic E-state index is 11.0. The Balaban J connectivity index is 1.85. The van der Waals surface area contributed by atoms with Crippen molar-refractivity contribution in [1.29, 1.82) is 0 Å². The van der Waals surface area contributed by atoms with E-state index < -0.39 is 0 Å². The highest BCUT2D eigenvalue weighted by Gasteiger charge is 2.16. The molecule has 0 spiro atoms. The van der Waals surface area contributed by atoms with Crippen LogP contribution in [0.1, 0.15) is 43.0 Å². The molecular formula is C16H24N2O2. The third-order valence-corrected chi connectivity index (χ3v) is 3.82. The first-order valence-electron chi connectivity index (χ1n) is 7.44. The van der Waals surface area contributed by atoms with Gasteiger partial charge in [-0.1, -0.05) is 18.6 Å². The van der Waals surface area contributed by atoms with Gasteiger partial charge in [-0.25, -0.2) is 0 Å². The molecule has 110 valence electrons. The second-order valence-electron chi connectivity index (χ2n) is 5.24. The summed E-state index contributed by atoms with van der Waals surface area (Å²) in [5.74, 6) is 0.737. The van der Waals surface area contributed by atoms with Gasteiger partial charge < -0.3 is 19.8 Å². The lowest BCUT2D eigenvalue weighted by Gasteiger charge is -2.14. The fourth-order valence-electron chi connectivity index (χ4n) is 2.63. The Labute approximate surface area is 120 Å². The number of nitrogens with one attached hydrogen (secondary N) is 2. The first-order valence-corrected chi connectivity index (χ1v) is 7.44. The van der Waals surface area contributed by atoms with Crippen LogP contribution < -0.4 is 10.6 Å². The molecule has 0 saturated carbocycles. The zero-order chi connectivity index (χ0) is 14.2. The summed E-state index contributed by atoms with van der Waals surface area (Å²) in [6.07, 6.45) is 13.0. The number of hydrogen-bond donors (Lipinski definition) is 2. The first-order chi connectivity index (χ1) is 9.85. The van der Waals surface area contributed by atoms with Gasteiger partial charge >= 0.3 is 0 Å². The standard InChI is InChI=1S/C16H24N2O2/c1-17-15(12-19)16-13(9-11-20-16)8-10-18-14-6-4-2-3-5-7-14/h4,6,9,11-12,14-15,17-18H,2-3,5,7-8,10H2,1H3. The van der Waals surface area contributed by atoms with Gasteiger partial charge in [0.15, 0.2) is 0 Å². The van der Waals surface area contributed by atoms with Crippen LogP contribution in [-0.2, 0) is 11.2 Å². The monoisotopic (exact) mass is 276 g/mol. The number of likely N-dealkylation sites (N-methyl/N-ethyl adjacent to an activating group) is 1. The number of carbonyl (C=O) groups is 1. The summed E-state index contributed by atoms with van der Waals surface area (Å²) in [5.41, 5.74) is 1.10. The number of hydrogen-bond acceptors (Lipinski definition) is 4. The average Bonchev–Trinajstić information content (AvgIpc) is 2.76. The largest absolute Gasteiger partial charge is 0.467 e. The third-order valence-electron chi connectivity index (χ3n) is 3.82. The fraction of sp³-hybridized carbons (Fsp3) is 0.562. The molecular weight excluding hydrogens is 252 g/mol. The summed E-state index contributed by atoms with van der Waals surface area (Å²) < 4.78 is 5.44. The molecule has 2 atom stereocenters. The van der Waals surface area contributed by atoms with Crippen LogP contribution in [0.25, 0.3) is 0 Å². The Bertz CT molecular complexity index is 439. The molecule has 4 nitrogen and oxygen atoms in total. The van der Waals surface area contributed by atoms with Gasteiger partial charge in [0.1, 0.15) is 18.1 Å². The topological polar surface area (TPSA) is 54.3 Å². The van der Waals surface area contributed by atoms with Gasteiger partial charge in [0.25, 0.3) is 0 Å². The van der Waals surface area contributed by atoms with E-state index in [0.29, 0.717) is 6.04 Å². The molecule has 0 aliphatic heterocycles. The molecule has 2 unspecified atom stereocenters. The van der Waals surface area contributed by atoms with Crippen LogP contribution in [0.5, 0.6) is 0 Å². The summed E-state index contributed by atoms with van der Waals surface area (Å²) in [6.45, 7) is 0.900. The lowest BCUT2D eigenvalue weighted by Crippen LogP contribution is -2.29. The maximum Gasteiger partial charge on any atom is 0.144 e. The van der Waals surface area contributed by atoms with E-state index in [1.165, 1.54) is 25.7 Å². The van der Waals surface area contributed by atoms with Crippen LogP contribution in [0, 0.1) is 0 Å². The molecule has 1 heterocycles. The number of allylic oxidation sites excluding steroid dienone is 1. The Hall–Kier alpha value is -1.39. The first kappa shape index (κ1) is 15.0. The van der Waals surface area contributed by atoms with E-state index in [1.807, 2.05) is 6.07 Å². The van der Waals surface area contributed by atoms with Crippen LogP contribution in [0.4, 0.5) is 0 Å². The SMILES string of the molecule is CNC(C=O)c1occc1CCNC1C=CCCCC1. The van der Waals surface area contributed by atoms with Crippen LogP contribution in [-0.4, -0.2) is 25.9 Å². The zero-order valence-electron chi connectivity index (χ0n) is 12.1. The lowest BCUT2D eigenvalue weighted by molar-refractivity contribution is -0.109. The third kappa shape index (κ3) is 4.05. The van der Waals surface area contributed by atoms with Crippen molar-refractivity contribution in [2.24, 2.45) is 0 Å². The summed E-state index contributed by atoms with van der Waals surface area (Å²) in [4.78, 5) is 11.0. The van der Waals surface area contributed by atoms with Gasteiger partial charge in [-0.3, -0.25) is 0 Å². The van der Waals surface area contributed by atoms with Crippen molar-refractivity contribution in [2.45, 2.75) is 44.2 Å². The molecule has 0 radical (unpaired) electrons. The molecule has 0 aromatic carbocycles. The molecule has 2 rings (SSSR count). The van der Waals surface area contributed by atoms with Gasteiger partial charge in [0, 0.05) is 6.04 Å². The summed E-state index contributed by atoms with van der Waals surface area (Å²) in [6, 6.07) is 2.09. The Morgan fingerprint density at radius 2 is 2.40 bits per heavy atom. The quantitative estimate of drug-likeness (QED) is 0.593. The van der Waals surface area contributed by atoms with Crippen molar-refractivity contribution >= 4 is 6.29 Å². The van der Waals surface area contributed by atoms with Crippen molar-refractivity contribution in [1.82, 2.24) is 10.6 Å². The van der Waals surface area contributed by atoms with Gasteiger partial charge in [-0.05, 0) is 50.9 Å². The van der Waals surface area contributed by atoms with E-state index in [-0.39, 0.29) is 6.04 Å². The van der Waals surface area contributed by atoms with Crippen LogP contribution in [0.2, 0.25) is 0 Å². The van der Waals surface area contributed by atoms with E-state index in [4.69, 9.17) is 4.42 Å². The van der Waals surface area contributed by atoms with Crippen LogP contribution in [0.3, 0.4) is 0 Å². The molecule has 2 N–H and O–H groups in total. The Kier molecular flexibility index (Phi) is 6.02.